The summed E-state index contributed by atoms with van der Waals surface area (Å²) in [5.74, 6) is -1.87. The average Bonchev–Trinajstić information content (AvgIpc) is 2.49. The van der Waals surface area contributed by atoms with Crippen LogP contribution in [-0.4, -0.2) is 17.0 Å². The fourth-order valence-corrected chi connectivity index (χ4v) is 2.50. The van der Waals surface area contributed by atoms with E-state index in [9.17, 15) is 14.7 Å². The highest BCUT2D eigenvalue weighted by molar-refractivity contribution is 7.80. The molecule has 0 fully saturated rings. The van der Waals surface area contributed by atoms with E-state index in [1.165, 1.54) is 36.4 Å². The Labute approximate surface area is 157 Å². The number of nitrogens with one attached hydrogen (secondary N) is 2. The topological polar surface area (TPSA) is 81.3 Å². The zero-order valence-corrected chi connectivity index (χ0v) is 14.8. The van der Waals surface area contributed by atoms with Crippen LogP contribution in [0.25, 0.3) is 0 Å². The Bertz CT molecular complexity index is 843. The molecule has 0 radical (unpaired) electrons. The predicted octanol–water partition coefficient (Wildman–Crippen LogP) is 3.14. The molecule has 0 heterocycles. The molecule has 24 heavy (non-hydrogen) atoms. The highest BCUT2D eigenvalue weighted by Gasteiger charge is 2.10. The zero-order valence-electron chi connectivity index (χ0n) is 11.7. The van der Waals surface area contributed by atoms with E-state index < -0.39 is 11.9 Å². The fraction of sp³-hybridized carbons (Fsp3) is 0. The Hall–Kier alpha value is -1.86. The number of carbonyl (C=O) groups is 2. The minimum Gasteiger partial charge on any atom is -0.545 e. The maximum absolute atomic E-state index is 12.1. The number of hydrogen-bond donors (Lipinski definition) is 2. The number of hydrogen-bond acceptors (Lipinski definition) is 4. The first-order valence-corrected chi connectivity index (χ1v) is 7.90. The number of aromatic carboxylic acids is 1. The molecule has 0 atom stereocenters. The van der Waals surface area contributed by atoms with Crippen LogP contribution in [0, 0.1) is 0 Å². The van der Waals surface area contributed by atoms with Crippen molar-refractivity contribution in [3.63, 3.8) is 0 Å². The van der Waals surface area contributed by atoms with Crippen molar-refractivity contribution in [2.75, 3.05) is 5.32 Å². The van der Waals surface area contributed by atoms with E-state index in [0.29, 0.717) is 10.7 Å². The Kier molecular flexibility index (Phi) is 6.01. The van der Waals surface area contributed by atoms with Crippen LogP contribution in [-0.2, 0) is 0 Å². The minimum atomic E-state index is -1.39. The molecule has 0 bridgehead atoms. The number of thiocarbonyl (C=S) groups is 1. The summed E-state index contributed by atoms with van der Waals surface area (Å²) in [4.78, 5) is 22.9. The number of anilines is 1. The van der Waals surface area contributed by atoms with Crippen molar-refractivity contribution < 1.29 is 14.7 Å². The molecule has 5 nitrogen and oxygen atoms in total. The molecule has 0 unspecified atom stereocenters. The summed E-state index contributed by atoms with van der Waals surface area (Å²) >= 11 is 22.5. The van der Waals surface area contributed by atoms with Crippen molar-refractivity contribution in [3.05, 3.63) is 62.6 Å². The lowest BCUT2D eigenvalue weighted by atomic mass is 10.2. The molecule has 0 saturated heterocycles. The van der Waals surface area contributed by atoms with Gasteiger partial charge < -0.3 is 15.2 Å². The van der Waals surface area contributed by atoms with Crippen LogP contribution >= 0.6 is 47.0 Å². The van der Waals surface area contributed by atoms with Crippen LogP contribution < -0.4 is 15.7 Å². The highest BCUT2D eigenvalue weighted by atomic mass is 35.5. The third-order valence-electron chi connectivity index (χ3n) is 2.86. The van der Waals surface area contributed by atoms with Gasteiger partial charge in [-0.05, 0) is 48.6 Å². The largest absolute Gasteiger partial charge is 0.545 e. The number of rotatable bonds is 3. The van der Waals surface area contributed by atoms with Gasteiger partial charge in [0.1, 0.15) is 0 Å². The third-order valence-corrected chi connectivity index (χ3v) is 4.11. The van der Waals surface area contributed by atoms with Crippen molar-refractivity contribution in [2.24, 2.45) is 0 Å². The number of carboxylic acids is 1. The van der Waals surface area contributed by atoms with E-state index in [-0.39, 0.29) is 26.3 Å². The van der Waals surface area contributed by atoms with Gasteiger partial charge in [0.15, 0.2) is 5.11 Å². The minimum absolute atomic E-state index is 0.00309. The molecule has 2 aromatic carbocycles. The summed E-state index contributed by atoms with van der Waals surface area (Å²) in [6.07, 6.45) is 0. The van der Waals surface area contributed by atoms with Gasteiger partial charge in [-0.15, -0.1) is 0 Å². The van der Waals surface area contributed by atoms with E-state index >= 15 is 0 Å². The fourth-order valence-electron chi connectivity index (χ4n) is 1.73. The second kappa shape index (κ2) is 7.81. The summed E-state index contributed by atoms with van der Waals surface area (Å²) in [6, 6.07) is 8.46. The van der Waals surface area contributed by atoms with Gasteiger partial charge in [0.2, 0.25) is 0 Å². The van der Waals surface area contributed by atoms with Crippen LogP contribution in [0.3, 0.4) is 0 Å². The zero-order chi connectivity index (χ0) is 17.9. The summed E-state index contributed by atoms with van der Waals surface area (Å²) in [5, 5.41) is 16.5. The van der Waals surface area contributed by atoms with Crippen LogP contribution in [0.5, 0.6) is 0 Å². The van der Waals surface area contributed by atoms with E-state index in [0.717, 1.165) is 0 Å². The van der Waals surface area contributed by atoms with Gasteiger partial charge in [-0.25, -0.2) is 0 Å². The molecule has 2 N–H and O–H groups in total. The van der Waals surface area contributed by atoms with E-state index in [4.69, 9.17) is 47.0 Å². The molecule has 0 aromatic heterocycles. The quantitative estimate of drug-likeness (QED) is 0.771. The number of carboxylic acid groups (broad SMARTS) is 1. The monoisotopic (exact) mass is 401 g/mol. The normalized spacial score (nSPS) is 10.1. The first kappa shape index (κ1) is 18.5. The second-order valence-corrected chi connectivity index (χ2v) is 6.15. The average molecular weight is 403 g/mol. The van der Waals surface area contributed by atoms with Crippen LogP contribution in [0.15, 0.2) is 36.4 Å². The van der Waals surface area contributed by atoms with Gasteiger partial charge in [0.05, 0.1) is 21.0 Å². The number of halogens is 3. The van der Waals surface area contributed by atoms with E-state index in [1.807, 2.05) is 0 Å². The number of amides is 1. The molecule has 0 aliphatic rings. The molecule has 2 rings (SSSR count). The van der Waals surface area contributed by atoms with Gasteiger partial charge in [-0.3, -0.25) is 10.1 Å². The maximum Gasteiger partial charge on any atom is 0.257 e. The number of carbonyl (C=O) groups excluding carboxylic acids is 2. The lowest BCUT2D eigenvalue weighted by molar-refractivity contribution is -0.255. The van der Waals surface area contributed by atoms with Crippen molar-refractivity contribution in [1.82, 2.24) is 5.32 Å². The van der Waals surface area contributed by atoms with Crippen molar-refractivity contribution in [1.29, 1.82) is 0 Å². The van der Waals surface area contributed by atoms with Crippen LogP contribution in [0.4, 0.5) is 5.69 Å². The highest BCUT2D eigenvalue weighted by Crippen LogP contribution is 2.23. The van der Waals surface area contributed by atoms with E-state index in [2.05, 4.69) is 10.6 Å². The summed E-state index contributed by atoms with van der Waals surface area (Å²) in [7, 11) is 0. The third kappa shape index (κ3) is 4.58. The van der Waals surface area contributed by atoms with Crippen molar-refractivity contribution >= 4 is 69.7 Å². The molecule has 1 amide bonds. The Morgan fingerprint density at radius 2 is 1.67 bits per heavy atom. The number of benzene rings is 2. The van der Waals surface area contributed by atoms with Crippen molar-refractivity contribution in [3.8, 4) is 0 Å². The predicted molar refractivity (Wildman–Crippen MR) is 95.9 cm³/mol. The van der Waals surface area contributed by atoms with Gasteiger partial charge in [0.25, 0.3) is 5.91 Å². The molecule has 124 valence electrons. The molecule has 2 aromatic rings. The standard InChI is InChI=1S/C15H9Cl3N2O3S/c16-10-4-1-7(5-12(10)18)13(21)20-15(24)19-8-2-3-9(14(22)23)11(17)6-8/h1-6H,(H,22,23)(H2,19,20,21,24)/p-1. The SMILES string of the molecule is O=C(NC(=S)Nc1ccc(C(=O)[O-])c(Cl)c1)c1ccc(Cl)c(Cl)c1. The summed E-state index contributed by atoms with van der Waals surface area (Å²) in [6.45, 7) is 0. The molecule has 0 aliphatic carbocycles. The molecule has 0 spiro atoms. The van der Waals surface area contributed by atoms with Gasteiger partial charge in [-0.2, -0.15) is 0 Å². The smallest absolute Gasteiger partial charge is 0.257 e. The first-order chi connectivity index (χ1) is 11.3. The van der Waals surface area contributed by atoms with E-state index in [1.54, 1.807) is 0 Å². The molecule has 0 saturated carbocycles. The Balaban J connectivity index is 2.05. The van der Waals surface area contributed by atoms with Crippen LogP contribution in [0.2, 0.25) is 15.1 Å². The first-order valence-electron chi connectivity index (χ1n) is 6.36. The van der Waals surface area contributed by atoms with Gasteiger partial charge in [-0.1, -0.05) is 34.8 Å². The summed E-state index contributed by atoms with van der Waals surface area (Å²) < 4.78 is 0. The molecular formula is C15H8Cl3N2O3S-. The van der Waals surface area contributed by atoms with Gasteiger partial charge >= 0.3 is 0 Å². The Morgan fingerprint density at radius 1 is 0.958 bits per heavy atom. The molecule has 0 aliphatic heterocycles. The lowest BCUT2D eigenvalue weighted by Gasteiger charge is -2.12. The molecular weight excluding hydrogens is 395 g/mol. The van der Waals surface area contributed by atoms with Crippen LogP contribution in [0.1, 0.15) is 20.7 Å². The Morgan fingerprint density at radius 3 is 2.25 bits per heavy atom. The second-order valence-electron chi connectivity index (χ2n) is 4.52. The van der Waals surface area contributed by atoms with Crippen molar-refractivity contribution in [2.45, 2.75) is 0 Å². The summed E-state index contributed by atoms with van der Waals surface area (Å²) in [5.41, 5.74) is 0.538. The molecule has 9 heteroatoms. The maximum atomic E-state index is 12.1. The van der Waals surface area contributed by atoms with Gasteiger partial charge in [0, 0.05) is 16.8 Å². The lowest BCUT2D eigenvalue weighted by Crippen LogP contribution is -2.34.